The van der Waals surface area contributed by atoms with Crippen LogP contribution in [-0.4, -0.2) is 39.7 Å². The summed E-state index contributed by atoms with van der Waals surface area (Å²) < 4.78 is 10.9. The molecular formula is C20H27IN4O3. The van der Waals surface area contributed by atoms with Crippen molar-refractivity contribution in [3.8, 4) is 11.5 Å². The number of carbonyl (C=O) groups excluding carboxylic acids is 1. The predicted molar refractivity (Wildman–Crippen MR) is 123 cm³/mol. The molecule has 0 aromatic heterocycles. The number of guanidine groups is 1. The van der Waals surface area contributed by atoms with Crippen molar-refractivity contribution in [1.29, 1.82) is 0 Å². The number of benzene rings is 2. The van der Waals surface area contributed by atoms with E-state index in [1.165, 1.54) is 0 Å². The Morgan fingerprint density at radius 1 is 1.14 bits per heavy atom. The first kappa shape index (κ1) is 23.5. The highest BCUT2D eigenvalue weighted by Gasteiger charge is 2.08. The van der Waals surface area contributed by atoms with Gasteiger partial charge in [0.1, 0.15) is 0 Å². The Hall–Kier alpha value is -2.49. The van der Waals surface area contributed by atoms with E-state index in [0.717, 1.165) is 11.3 Å². The molecule has 2 aromatic rings. The van der Waals surface area contributed by atoms with E-state index >= 15 is 0 Å². The van der Waals surface area contributed by atoms with Gasteiger partial charge in [0.2, 0.25) is 0 Å². The van der Waals surface area contributed by atoms with Crippen molar-refractivity contribution in [2.45, 2.75) is 13.5 Å². The minimum absolute atomic E-state index is 0. The van der Waals surface area contributed by atoms with E-state index in [1.54, 1.807) is 27.3 Å². The quantitative estimate of drug-likeness (QED) is 0.310. The van der Waals surface area contributed by atoms with E-state index in [2.05, 4.69) is 20.9 Å². The zero-order valence-electron chi connectivity index (χ0n) is 16.5. The number of rotatable bonds is 7. The maximum Gasteiger partial charge on any atom is 0.251 e. The molecule has 0 unspecified atom stereocenters. The molecule has 8 heteroatoms. The lowest BCUT2D eigenvalue weighted by atomic mass is 10.1. The van der Waals surface area contributed by atoms with Gasteiger partial charge in [0.15, 0.2) is 17.5 Å². The number of anilines is 1. The first-order valence-corrected chi connectivity index (χ1v) is 8.70. The van der Waals surface area contributed by atoms with Crippen LogP contribution in [0.2, 0.25) is 0 Å². The van der Waals surface area contributed by atoms with Crippen LogP contribution in [0.4, 0.5) is 5.69 Å². The van der Waals surface area contributed by atoms with Crippen LogP contribution in [0.5, 0.6) is 11.5 Å². The zero-order chi connectivity index (χ0) is 19.6. The van der Waals surface area contributed by atoms with Crippen molar-refractivity contribution < 1.29 is 14.3 Å². The third kappa shape index (κ3) is 6.59. The monoisotopic (exact) mass is 498 g/mol. The molecule has 0 bridgehead atoms. The second-order valence-corrected chi connectivity index (χ2v) is 5.63. The third-order valence-electron chi connectivity index (χ3n) is 3.83. The standard InChI is InChI=1S/C20H26N4O3.HI/c1-5-27-18-12-16(9-10-17(18)26-4)24-20(22-3)23-13-14-7-6-8-15(11-14)19(25)21-2;/h6-12H,5,13H2,1-4H3,(H,21,25)(H2,22,23,24);1H. The largest absolute Gasteiger partial charge is 0.493 e. The van der Waals surface area contributed by atoms with Crippen LogP contribution in [0.25, 0.3) is 0 Å². The average molecular weight is 498 g/mol. The Morgan fingerprint density at radius 2 is 1.93 bits per heavy atom. The van der Waals surface area contributed by atoms with Gasteiger partial charge in [-0.1, -0.05) is 12.1 Å². The highest BCUT2D eigenvalue weighted by molar-refractivity contribution is 14.0. The molecule has 28 heavy (non-hydrogen) atoms. The highest BCUT2D eigenvalue weighted by Crippen LogP contribution is 2.30. The SMILES string of the molecule is CCOc1cc(NC(=NC)NCc2cccc(C(=O)NC)c2)ccc1OC.I. The summed E-state index contributed by atoms with van der Waals surface area (Å²) in [5.41, 5.74) is 2.42. The van der Waals surface area contributed by atoms with Crippen molar-refractivity contribution >= 4 is 41.5 Å². The molecule has 152 valence electrons. The number of amides is 1. The van der Waals surface area contributed by atoms with E-state index in [1.807, 2.05) is 43.3 Å². The Balaban J connectivity index is 0.00000392. The van der Waals surface area contributed by atoms with Gasteiger partial charge in [0, 0.05) is 38.0 Å². The summed E-state index contributed by atoms with van der Waals surface area (Å²) in [6.45, 7) is 3.00. The van der Waals surface area contributed by atoms with Crippen molar-refractivity contribution in [2.75, 3.05) is 33.1 Å². The van der Waals surface area contributed by atoms with Gasteiger partial charge in [0.05, 0.1) is 13.7 Å². The molecule has 2 rings (SSSR count). The number of aliphatic imine (C=N–C) groups is 1. The minimum atomic E-state index is -0.110. The van der Waals surface area contributed by atoms with Crippen LogP contribution < -0.4 is 25.4 Å². The molecule has 0 fully saturated rings. The Kier molecular flexibility index (Phi) is 10.1. The minimum Gasteiger partial charge on any atom is -0.493 e. The summed E-state index contributed by atoms with van der Waals surface area (Å²) >= 11 is 0. The molecule has 0 spiro atoms. The third-order valence-corrected chi connectivity index (χ3v) is 3.83. The smallest absolute Gasteiger partial charge is 0.251 e. The zero-order valence-corrected chi connectivity index (χ0v) is 18.9. The summed E-state index contributed by atoms with van der Waals surface area (Å²) in [7, 11) is 4.92. The Labute approximate surface area is 182 Å². The van der Waals surface area contributed by atoms with E-state index in [-0.39, 0.29) is 29.9 Å². The lowest BCUT2D eigenvalue weighted by Gasteiger charge is -2.15. The Bertz CT molecular complexity index is 812. The molecule has 2 aromatic carbocycles. The van der Waals surface area contributed by atoms with E-state index in [0.29, 0.717) is 36.2 Å². The van der Waals surface area contributed by atoms with Crippen LogP contribution in [0, 0.1) is 0 Å². The molecular weight excluding hydrogens is 471 g/mol. The fourth-order valence-corrected chi connectivity index (χ4v) is 2.49. The van der Waals surface area contributed by atoms with E-state index in [9.17, 15) is 4.79 Å². The number of ether oxygens (including phenoxy) is 2. The number of halogens is 1. The lowest BCUT2D eigenvalue weighted by Crippen LogP contribution is -2.30. The van der Waals surface area contributed by atoms with Gasteiger partial charge < -0.3 is 25.4 Å². The summed E-state index contributed by atoms with van der Waals surface area (Å²) in [5, 5.41) is 9.08. The van der Waals surface area contributed by atoms with Crippen LogP contribution in [0.3, 0.4) is 0 Å². The molecule has 0 saturated heterocycles. The van der Waals surface area contributed by atoms with Gasteiger partial charge >= 0.3 is 0 Å². The molecule has 7 nitrogen and oxygen atoms in total. The molecule has 3 N–H and O–H groups in total. The van der Waals surface area contributed by atoms with Crippen molar-refractivity contribution in [3.05, 3.63) is 53.6 Å². The summed E-state index contributed by atoms with van der Waals surface area (Å²) in [6.07, 6.45) is 0. The van der Waals surface area contributed by atoms with Crippen LogP contribution in [0.15, 0.2) is 47.5 Å². The van der Waals surface area contributed by atoms with E-state index < -0.39 is 0 Å². The summed E-state index contributed by atoms with van der Waals surface area (Å²) in [4.78, 5) is 16.0. The fourth-order valence-electron chi connectivity index (χ4n) is 2.49. The number of nitrogens with zero attached hydrogens (tertiary/aromatic N) is 1. The maximum absolute atomic E-state index is 11.7. The van der Waals surface area contributed by atoms with Gasteiger partial charge in [-0.3, -0.25) is 9.79 Å². The number of methoxy groups -OCH3 is 1. The average Bonchev–Trinajstić information content (AvgIpc) is 2.71. The van der Waals surface area contributed by atoms with Gasteiger partial charge in [-0.25, -0.2) is 0 Å². The lowest BCUT2D eigenvalue weighted by molar-refractivity contribution is 0.0963. The van der Waals surface area contributed by atoms with Crippen molar-refractivity contribution in [2.24, 2.45) is 4.99 Å². The second-order valence-electron chi connectivity index (χ2n) is 5.63. The number of hydrogen-bond donors (Lipinski definition) is 3. The topological polar surface area (TPSA) is 84.0 Å². The van der Waals surface area contributed by atoms with Gasteiger partial charge in [-0.15, -0.1) is 24.0 Å². The molecule has 0 radical (unpaired) electrons. The normalized spacial score (nSPS) is 10.5. The first-order valence-electron chi connectivity index (χ1n) is 8.70. The molecule has 1 amide bonds. The van der Waals surface area contributed by atoms with Crippen molar-refractivity contribution in [1.82, 2.24) is 10.6 Å². The summed E-state index contributed by atoms with van der Waals surface area (Å²) in [5.74, 6) is 1.84. The predicted octanol–water partition coefficient (Wildman–Crippen LogP) is 3.26. The van der Waals surface area contributed by atoms with Gasteiger partial charge in [-0.05, 0) is 36.8 Å². The molecule has 0 atom stereocenters. The molecule has 0 saturated carbocycles. The Morgan fingerprint density at radius 3 is 2.57 bits per heavy atom. The van der Waals surface area contributed by atoms with Crippen LogP contribution in [0.1, 0.15) is 22.8 Å². The number of hydrogen-bond acceptors (Lipinski definition) is 4. The van der Waals surface area contributed by atoms with Gasteiger partial charge in [0.25, 0.3) is 5.91 Å². The maximum atomic E-state index is 11.7. The van der Waals surface area contributed by atoms with Crippen LogP contribution in [-0.2, 0) is 6.54 Å². The number of carbonyl (C=O) groups is 1. The fraction of sp³-hybridized carbons (Fsp3) is 0.300. The molecule has 0 aliphatic carbocycles. The highest BCUT2D eigenvalue weighted by atomic mass is 127. The van der Waals surface area contributed by atoms with Crippen LogP contribution >= 0.6 is 24.0 Å². The van der Waals surface area contributed by atoms with E-state index in [4.69, 9.17) is 9.47 Å². The molecule has 0 heterocycles. The molecule has 0 aliphatic heterocycles. The van der Waals surface area contributed by atoms with Crippen molar-refractivity contribution in [3.63, 3.8) is 0 Å². The second kappa shape index (κ2) is 12.1. The number of nitrogens with one attached hydrogen (secondary N) is 3. The first-order chi connectivity index (χ1) is 13.1. The summed E-state index contributed by atoms with van der Waals surface area (Å²) in [6, 6.07) is 13.0. The van der Waals surface area contributed by atoms with Gasteiger partial charge in [-0.2, -0.15) is 0 Å². The molecule has 0 aliphatic rings.